The van der Waals surface area contributed by atoms with E-state index in [9.17, 15) is 14.4 Å². The fourth-order valence-electron chi connectivity index (χ4n) is 6.36. The van der Waals surface area contributed by atoms with E-state index in [4.69, 9.17) is 14.2 Å². The molecule has 0 atom stereocenters. The zero-order valence-corrected chi connectivity index (χ0v) is 35.8. The van der Waals surface area contributed by atoms with E-state index in [1.807, 2.05) is 0 Å². The van der Waals surface area contributed by atoms with Crippen molar-refractivity contribution >= 4 is 18.0 Å². The van der Waals surface area contributed by atoms with Crippen LogP contribution in [0.1, 0.15) is 207 Å². The number of nitrogens with zero attached hydrogens (tertiary/aromatic N) is 1. The first-order valence-electron chi connectivity index (χ1n) is 22.7. The Kier molecular flexibility index (Phi) is 40.0. The van der Waals surface area contributed by atoms with E-state index in [-0.39, 0.29) is 31.8 Å². The molecule has 0 rings (SSSR count). The standard InChI is InChI=1S/C46H86N2O6/c1-5-9-11-13-15-17-19-21-23-25-27-29-31-33-35-37-44(49)53-41-43(47-46(51)52-40-39-48(7-3)8-4)42-54-45(50)38-36-34-32-30-28-26-24-22-20-18-16-14-12-10-6-2/h21-24,43H,5-20,25-42H2,1-4H3,(H,47,51). The van der Waals surface area contributed by atoms with Crippen LogP contribution in [0.25, 0.3) is 0 Å². The third kappa shape index (κ3) is 37.9. The first kappa shape index (κ1) is 51.6. The number of unbranched alkanes of at least 4 members (excludes halogenated alkanes) is 22. The normalized spacial score (nSPS) is 12.2. The van der Waals surface area contributed by atoms with Gasteiger partial charge >= 0.3 is 18.0 Å². The molecular formula is C46H86N2O6. The minimum absolute atomic E-state index is 0.0598. The van der Waals surface area contributed by atoms with Gasteiger partial charge in [-0.3, -0.25) is 9.59 Å². The van der Waals surface area contributed by atoms with Crippen molar-refractivity contribution in [2.75, 3.05) is 39.5 Å². The monoisotopic (exact) mass is 763 g/mol. The second-order valence-corrected chi connectivity index (χ2v) is 15.0. The van der Waals surface area contributed by atoms with E-state index in [0.717, 1.165) is 64.5 Å². The highest BCUT2D eigenvalue weighted by molar-refractivity contribution is 5.70. The molecule has 316 valence electrons. The minimum Gasteiger partial charge on any atom is -0.463 e. The Hall–Kier alpha value is -2.35. The van der Waals surface area contributed by atoms with Crippen LogP contribution >= 0.6 is 0 Å². The van der Waals surface area contributed by atoms with E-state index in [0.29, 0.717) is 19.4 Å². The summed E-state index contributed by atoms with van der Waals surface area (Å²) in [6.07, 6.45) is 40.6. The van der Waals surface area contributed by atoms with Gasteiger partial charge in [-0.1, -0.05) is 155 Å². The lowest BCUT2D eigenvalue weighted by Gasteiger charge is -2.20. The maximum absolute atomic E-state index is 12.5. The Balaban J connectivity index is 4.27. The lowest BCUT2D eigenvalue weighted by Crippen LogP contribution is -2.43. The summed E-state index contributed by atoms with van der Waals surface area (Å²) in [5.74, 6) is -0.595. The van der Waals surface area contributed by atoms with Crippen LogP contribution < -0.4 is 5.32 Å². The van der Waals surface area contributed by atoms with Gasteiger partial charge in [0.2, 0.25) is 0 Å². The fraction of sp³-hybridized carbons (Fsp3) is 0.848. The highest BCUT2D eigenvalue weighted by Crippen LogP contribution is 2.12. The third-order valence-electron chi connectivity index (χ3n) is 10.0. The number of ether oxygens (including phenoxy) is 3. The van der Waals surface area contributed by atoms with Crippen molar-refractivity contribution in [3.8, 4) is 0 Å². The number of alkyl carbamates (subject to hydrolysis) is 1. The van der Waals surface area contributed by atoms with Crippen molar-refractivity contribution < 1.29 is 28.6 Å². The second kappa shape index (κ2) is 41.8. The zero-order chi connectivity index (χ0) is 39.6. The maximum Gasteiger partial charge on any atom is 0.407 e. The molecule has 0 aliphatic heterocycles. The Morgan fingerprint density at radius 1 is 0.481 bits per heavy atom. The van der Waals surface area contributed by atoms with Crippen LogP contribution in [-0.4, -0.2) is 68.4 Å². The summed E-state index contributed by atoms with van der Waals surface area (Å²) in [6, 6.07) is -0.665. The molecule has 1 N–H and O–H groups in total. The highest BCUT2D eigenvalue weighted by atomic mass is 16.6. The molecule has 0 unspecified atom stereocenters. The fourth-order valence-corrected chi connectivity index (χ4v) is 6.36. The maximum atomic E-state index is 12.5. The van der Waals surface area contributed by atoms with Gasteiger partial charge in [0, 0.05) is 19.4 Å². The number of carbonyl (C=O) groups is 3. The smallest absolute Gasteiger partial charge is 0.407 e. The van der Waals surface area contributed by atoms with Crippen molar-refractivity contribution in [1.82, 2.24) is 10.2 Å². The molecular weight excluding hydrogens is 677 g/mol. The zero-order valence-electron chi connectivity index (χ0n) is 35.8. The topological polar surface area (TPSA) is 94.2 Å². The molecule has 0 aromatic rings. The Bertz CT molecular complexity index is 848. The molecule has 0 saturated carbocycles. The van der Waals surface area contributed by atoms with Gasteiger partial charge in [0.05, 0.1) is 0 Å². The molecule has 0 bridgehead atoms. The van der Waals surface area contributed by atoms with E-state index in [2.05, 4.69) is 62.2 Å². The summed E-state index contributed by atoms with van der Waals surface area (Å²) < 4.78 is 16.4. The van der Waals surface area contributed by atoms with Crippen molar-refractivity contribution in [2.24, 2.45) is 0 Å². The predicted molar refractivity (Wildman–Crippen MR) is 227 cm³/mol. The molecule has 54 heavy (non-hydrogen) atoms. The number of amides is 1. The summed E-state index contributed by atoms with van der Waals surface area (Å²) in [5, 5.41) is 2.74. The highest BCUT2D eigenvalue weighted by Gasteiger charge is 2.18. The van der Waals surface area contributed by atoms with Crippen molar-refractivity contribution in [3.63, 3.8) is 0 Å². The molecule has 0 aromatic heterocycles. The molecule has 0 spiro atoms. The number of hydrogen-bond acceptors (Lipinski definition) is 7. The van der Waals surface area contributed by atoms with E-state index in [1.165, 1.54) is 116 Å². The average Bonchev–Trinajstić information content (AvgIpc) is 3.17. The SMILES string of the molecule is CCCCCCCCC=CCCCCCCCC(=O)OCC(COC(=O)CCCCCCCC=CCCCCCCCC)NC(=O)OCCN(CC)CC. The quantitative estimate of drug-likeness (QED) is 0.0287. The van der Waals surface area contributed by atoms with Gasteiger partial charge in [0.15, 0.2) is 0 Å². The molecule has 1 amide bonds. The van der Waals surface area contributed by atoms with Crippen LogP contribution in [0.4, 0.5) is 4.79 Å². The van der Waals surface area contributed by atoms with Gasteiger partial charge in [-0.05, 0) is 77.3 Å². The summed E-state index contributed by atoms with van der Waals surface area (Å²) in [6.45, 7) is 11.2. The molecule has 0 radical (unpaired) electrons. The average molecular weight is 763 g/mol. The van der Waals surface area contributed by atoms with Crippen LogP contribution in [0.15, 0.2) is 24.3 Å². The van der Waals surface area contributed by atoms with Crippen LogP contribution in [0, 0.1) is 0 Å². The number of nitrogens with one attached hydrogen (secondary N) is 1. The number of rotatable bonds is 40. The van der Waals surface area contributed by atoms with Gasteiger partial charge in [-0.15, -0.1) is 0 Å². The number of carbonyl (C=O) groups excluding carboxylic acids is 3. The predicted octanol–water partition coefficient (Wildman–Crippen LogP) is 12.6. The number of allylic oxidation sites excluding steroid dienone is 4. The molecule has 0 saturated heterocycles. The van der Waals surface area contributed by atoms with Gasteiger partial charge in [0.25, 0.3) is 0 Å². The molecule has 8 heteroatoms. The number of esters is 2. The minimum atomic E-state index is -0.665. The number of likely N-dealkylation sites (N-methyl/N-ethyl adjacent to an activating group) is 1. The summed E-state index contributed by atoms with van der Waals surface area (Å²) in [5.41, 5.74) is 0. The second-order valence-electron chi connectivity index (χ2n) is 15.0. The van der Waals surface area contributed by atoms with Crippen molar-refractivity contribution in [2.45, 2.75) is 214 Å². The van der Waals surface area contributed by atoms with Crippen molar-refractivity contribution in [1.29, 1.82) is 0 Å². The van der Waals surface area contributed by atoms with Crippen LogP contribution in [0.2, 0.25) is 0 Å². The molecule has 8 nitrogen and oxygen atoms in total. The summed E-state index contributed by atoms with van der Waals surface area (Å²) >= 11 is 0. The first-order chi connectivity index (χ1) is 26.5. The Morgan fingerprint density at radius 3 is 1.20 bits per heavy atom. The van der Waals surface area contributed by atoms with E-state index < -0.39 is 12.1 Å². The molecule has 0 fully saturated rings. The molecule has 0 aliphatic rings. The first-order valence-corrected chi connectivity index (χ1v) is 22.7. The third-order valence-corrected chi connectivity index (χ3v) is 10.0. The van der Waals surface area contributed by atoms with Gasteiger partial charge in [-0.2, -0.15) is 0 Å². The molecule has 0 aliphatic carbocycles. The van der Waals surface area contributed by atoms with Gasteiger partial charge in [0.1, 0.15) is 25.9 Å². The summed E-state index contributed by atoms with van der Waals surface area (Å²) in [7, 11) is 0. The molecule has 0 heterocycles. The van der Waals surface area contributed by atoms with Gasteiger partial charge < -0.3 is 24.4 Å². The Morgan fingerprint density at radius 2 is 0.833 bits per heavy atom. The van der Waals surface area contributed by atoms with Crippen LogP contribution in [0.3, 0.4) is 0 Å². The summed E-state index contributed by atoms with van der Waals surface area (Å²) in [4.78, 5) is 39.7. The lowest BCUT2D eigenvalue weighted by atomic mass is 10.1. The van der Waals surface area contributed by atoms with Crippen LogP contribution in [0.5, 0.6) is 0 Å². The Labute approximate surface area is 333 Å². The van der Waals surface area contributed by atoms with Crippen molar-refractivity contribution in [3.05, 3.63) is 24.3 Å². The molecule has 0 aromatic carbocycles. The van der Waals surface area contributed by atoms with E-state index in [1.54, 1.807) is 0 Å². The van der Waals surface area contributed by atoms with E-state index >= 15 is 0 Å². The lowest BCUT2D eigenvalue weighted by molar-refractivity contribution is -0.147. The number of hydrogen-bond donors (Lipinski definition) is 1. The largest absolute Gasteiger partial charge is 0.463 e. The van der Waals surface area contributed by atoms with Crippen LogP contribution in [-0.2, 0) is 23.8 Å². The van der Waals surface area contributed by atoms with Gasteiger partial charge in [-0.25, -0.2) is 4.79 Å².